The Kier molecular flexibility index (Phi) is 4.28. The Bertz CT molecular complexity index is 613. The summed E-state index contributed by atoms with van der Waals surface area (Å²) in [5.74, 6) is 1.10. The summed E-state index contributed by atoms with van der Waals surface area (Å²) in [7, 11) is 1.81. The van der Waals surface area contributed by atoms with Gasteiger partial charge in [-0.2, -0.15) is 0 Å². The van der Waals surface area contributed by atoms with Crippen molar-refractivity contribution in [3.63, 3.8) is 0 Å². The molecule has 0 spiro atoms. The molecule has 0 heterocycles. The van der Waals surface area contributed by atoms with Crippen molar-refractivity contribution in [2.24, 2.45) is 0 Å². The summed E-state index contributed by atoms with van der Waals surface area (Å²) >= 11 is 0. The lowest BCUT2D eigenvalue weighted by Crippen LogP contribution is -2.09. The first kappa shape index (κ1) is 14.2. The van der Waals surface area contributed by atoms with Crippen LogP contribution in [0.15, 0.2) is 36.4 Å². The lowest BCUT2D eigenvalue weighted by atomic mass is 9.82. The van der Waals surface area contributed by atoms with Crippen molar-refractivity contribution in [3.8, 4) is 16.9 Å². The Hall–Kier alpha value is -1.76. The van der Waals surface area contributed by atoms with Gasteiger partial charge in [0.1, 0.15) is 5.75 Å². The molecule has 0 N–H and O–H groups in total. The standard InChI is InChI=1S/C20H24O/c1-3-9-16-14-19(21-2)17-12-7-8-13-18(17)20(16)15-10-5-4-6-11-15/h4-6,10-11,14H,3,7-9,12-13H2,1-2H3. The summed E-state index contributed by atoms with van der Waals surface area (Å²) in [5.41, 5.74) is 7.27. The molecule has 0 bridgehead atoms. The lowest BCUT2D eigenvalue weighted by molar-refractivity contribution is 0.405. The molecule has 0 fully saturated rings. The Morgan fingerprint density at radius 2 is 1.71 bits per heavy atom. The highest BCUT2D eigenvalue weighted by molar-refractivity contribution is 5.75. The third kappa shape index (κ3) is 2.70. The predicted molar refractivity (Wildman–Crippen MR) is 89.1 cm³/mol. The van der Waals surface area contributed by atoms with E-state index in [-0.39, 0.29) is 0 Å². The van der Waals surface area contributed by atoms with Gasteiger partial charge in [0.05, 0.1) is 7.11 Å². The molecule has 1 aliphatic rings. The summed E-state index contributed by atoms with van der Waals surface area (Å²) in [6.07, 6.45) is 7.21. The minimum atomic E-state index is 1.10. The average molecular weight is 280 g/mol. The van der Waals surface area contributed by atoms with E-state index in [0.29, 0.717) is 0 Å². The topological polar surface area (TPSA) is 9.23 Å². The zero-order valence-corrected chi connectivity index (χ0v) is 13.1. The van der Waals surface area contributed by atoms with Gasteiger partial charge >= 0.3 is 0 Å². The molecule has 0 amide bonds. The predicted octanol–water partition coefficient (Wildman–Crippen LogP) is 5.19. The number of benzene rings is 2. The molecule has 0 aliphatic heterocycles. The van der Waals surface area contributed by atoms with E-state index in [1.165, 1.54) is 53.5 Å². The number of aryl methyl sites for hydroxylation is 1. The molecule has 3 rings (SSSR count). The van der Waals surface area contributed by atoms with Gasteiger partial charge in [0.15, 0.2) is 0 Å². The van der Waals surface area contributed by atoms with Crippen LogP contribution in [0.1, 0.15) is 42.9 Å². The highest BCUT2D eigenvalue weighted by Gasteiger charge is 2.21. The van der Waals surface area contributed by atoms with Gasteiger partial charge in [-0.25, -0.2) is 0 Å². The molecule has 2 aromatic rings. The molecule has 1 aliphatic carbocycles. The Morgan fingerprint density at radius 1 is 1.00 bits per heavy atom. The molecular weight excluding hydrogens is 256 g/mol. The largest absolute Gasteiger partial charge is 0.496 e. The summed E-state index contributed by atoms with van der Waals surface area (Å²) in [6.45, 7) is 2.25. The van der Waals surface area contributed by atoms with Crippen LogP contribution in [-0.2, 0) is 19.3 Å². The van der Waals surface area contributed by atoms with Crippen molar-refractivity contribution in [2.75, 3.05) is 7.11 Å². The lowest BCUT2D eigenvalue weighted by Gasteiger charge is -2.25. The Morgan fingerprint density at radius 3 is 2.38 bits per heavy atom. The van der Waals surface area contributed by atoms with Crippen molar-refractivity contribution < 1.29 is 4.74 Å². The number of ether oxygens (including phenoxy) is 1. The van der Waals surface area contributed by atoms with E-state index in [1.807, 2.05) is 7.11 Å². The first-order valence-corrected chi connectivity index (χ1v) is 8.12. The van der Waals surface area contributed by atoms with E-state index < -0.39 is 0 Å². The molecule has 1 nitrogen and oxygen atoms in total. The second-order valence-corrected chi connectivity index (χ2v) is 5.89. The molecule has 0 unspecified atom stereocenters. The number of fused-ring (bicyclic) bond motifs is 1. The zero-order chi connectivity index (χ0) is 14.7. The van der Waals surface area contributed by atoms with Gasteiger partial charge in [-0.15, -0.1) is 0 Å². The van der Waals surface area contributed by atoms with Gasteiger partial charge in [0, 0.05) is 0 Å². The maximum absolute atomic E-state index is 5.69. The maximum Gasteiger partial charge on any atom is 0.122 e. The van der Waals surface area contributed by atoms with Crippen molar-refractivity contribution in [1.82, 2.24) is 0 Å². The number of hydrogen-bond acceptors (Lipinski definition) is 1. The van der Waals surface area contributed by atoms with Gasteiger partial charge < -0.3 is 4.74 Å². The van der Waals surface area contributed by atoms with Crippen LogP contribution in [0.5, 0.6) is 5.75 Å². The van der Waals surface area contributed by atoms with Crippen LogP contribution in [0, 0.1) is 0 Å². The molecule has 110 valence electrons. The molecule has 2 aromatic carbocycles. The van der Waals surface area contributed by atoms with Crippen LogP contribution in [0.2, 0.25) is 0 Å². The average Bonchev–Trinajstić information content (AvgIpc) is 2.55. The first-order chi connectivity index (χ1) is 10.3. The fourth-order valence-electron chi connectivity index (χ4n) is 3.58. The zero-order valence-electron chi connectivity index (χ0n) is 13.1. The van der Waals surface area contributed by atoms with E-state index in [0.717, 1.165) is 18.6 Å². The second-order valence-electron chi connectivity index (χ2n) is 5.89. The summed E-state index contributed by atoms with van der Waals surface area (Å²) in [5, 5.41) is 0. The summed E-state index contributed by atoms with van der Waals surface area (Å²) in [4.78, 5) is 0. The first-order valence-electron chi connectivity index (χ1n) is 8.12. The van der Waals surface area contributed by atoms with E-state index >= 15 is 0 Å². The Balaban J connectivity index is 2.24. The highest BCUT2D eigenvalue weighted by atomic mass is 16.5. The minimum absolute atomic E-state index is 1.10. The molecule has 21 heavy (non-hydrogen) atoms. The molecule has 0 radical (unpaired) electrons. The van der Waals surface area contributed by atoms with Crippen LogP contribution < -0.4 is 4.74 Å². The molecule has 1 heteroatoms. The van der Waals surface area contributed by atoms with E-state index in [9.17, 15) is 0 Å². The van der Waals surface area contributed by atoms with Gasteiger partial charge in [0.25, 0.3) is 0 Å². The van der Waals surface area contributed by atoms with E-state index in [2.05, 4.69) is 43.3 Å². The van der Waals surface area contributed by atoms with E-state index in [1.54, 1.807) is 0 Å². The molecular formula is C20H24O. The number of hydrogen-bond donors (Lipinski definition) is 0. The van der Waals surface area contributed by atoms with Crippen molar-refractivity contribution in [3.05, 3.63) is 53.1 Å². The minimum Gasteiger partial charge on any atom is -0.496 e. The van der Waals surface area contributed by atoms with Crippen LogP contribution in [-0.4, -0.2) is 7.11 Å². The fourth-order valence-corrected chi connectivity index (χ4v) is 3.58. The number of methoxy groups -OCH3 is 1. The molecule has 0 saturated heterocycles. The third-order valence-corrected chi connectivity index (χ3v) is 4.50. The second kappa shape index (κ2) is 6.34. The molecule has 0 aromatic heterocycles. The molecule has 0 atom stereocenters. The highest BCUT2D eigenvalue weighted by Crippen LogP contribution is 2.40. The van der Waals surface area contributed by atoms with Crippen LogP contribution in [0.25, 0.3) is 11.1 Å². The maximum atomic E-state index is 5.69. The van der Waals surface area contributed by atoms with Gasteiger partial charge in [0.2, 0.25) is 0 Å². The SMILES string of the molecule is CCCc1cc(OC)c2c(c1-c1ccccc1)CCCC2. The molecule has 0 saturated carbocycles. The Labute approximate surface area is 128 Å². The monoisotopic (exact) mass is 280 g/mol. The van der Waals surface area contributed by atoms with Crippen molar-refractivity contribution >= 4 is 0 Å². The van der Waals surface area contributed by atoms with Crippen molar-refractivity contribution in [1.29, 1.82) is 0 Å². The van der Waals surface area contributed by atoms with Gasteiger partial charge in [-0.3, -0.25) is 0 Å². The van der Waals surface area contributed by atoms with Crippen LogP contribution in [0.3, 0.4) is 0 Å². The summed E-state index contributed by atoms with van der Waals surface area (Å²) in [6, 6.07) is 13.2. The third-order valence-electron chi connectivity index (χ3n) is 4.50. The smallest absolute Gasteiger partial charge is 0.122 e. The quantitative estimate of drug-likeness (QED) is 0.748. The van der Waals surface area contributed by atoms with Gasteiger partial charge in [-0.05, 0) is 66.0 Å². The summed E-state index contributed by atoms with van der Waals surface area (Å²) < 4.78 is 5.69. The number of rotatable bonds is 4. The van der Waals surface area contributed by atoms with Gasteiger partial charge in [-0.1, -0.05) is 43.7 Å². The normalized spacial score (nSPS) is 13.8. The van der Waals surface area contributed by atoms with Crippen LogP contribution >= 0.6 is 0 Å². The van der Waals surface area contributed by atoms with Crippen molar-refractivity contribution in [2.45, 2.75) is 45.4 Å². The van der Waals surface area contributed by atoms with Crippen LogP contribution in [0.4, 0.5) is 0 Å². The fraction of sp³-hybridized carbons (Fsp3) is 0.400. The van der Waals surface area contributed by atoms with E-state index in [4.69, 9.17) is 4.74 Å².